The minimum absolute atomic E-state index is 0.507. The van der Waals surface area contributed by atoms with Gasteiger partial charge in [0.25, 0.3) is 0 Å². The summed E-state index contributed by atoms with van der Waals surface area (Å²) in [6.45, 7) is 4.19. The molecule has 1 rings (SSSR count). The van der Waals surface area contributed by atoms with Gasteiger partial charge in [-0.05, 0) is 19.1 Å². The van der Waals surface area contributed by atoms with Crippen molar-refractivity contribution < 1.29 is 5.11 Å². The highest BCUT2D eigenvalue weighted by atomic mass is 16.3. The van der Waals surface area contributed by atoms with Crippen molar-refractivity contribution in [2.75, 3.05) is 6.54 Å². The van der Waals surface area contributed by atoms with Gasteiger partial charge >= 0.3 is 0 Å². The number of aliphatic hydroxyl groups is 1. The van der Waals surface area contributed by atoms with Crippen LogP contribution in [-0.4, -0.2) is 16.6 Å². The second-order valence-electron chi connectivity index (χ2n) is 2.47. The van der Waals surface area contributed by atoms with Gasteiger partial charge in [-0.25, -0.2) is 0 Å². The van der Waals surface area contributed by atoms with E-state index >= 15 is 0 Å². The Morgan fingerprint density at radius 1 is 1.67 bits per heavy atom. The molecule has 1 heterocycles. The van der Waals surface area contributed by atoms with E-state index in [-0.39, 0.29) is 0 Å². The molecule has 12 heavy (non-hydrogen) atoms. The first-order valence-electron chi connectivity index (χ1n) is 3.95. The molecule has 1 atom stereocenters. The summed E-state index contributed by atoms with van der Waals surface area (Å²) in [5, 5.41) is 12.4. The smallest absolute Gasteiger partial charge is 0.108 e. The molecule has 2 N–H and O–H groups in total. The Kier molecular flexibility index (Phi) is 3.70. The van der Waals surface area contributed by atoms with E-state index in [2.05, 4.69) is 10.3 Å². The molecule has 1 radical (unpaired) electrons. The number of hydrogen-bond acceptors (Lipinski definition) is 3. The van der Waals surface area contributed by atoms with E-state index in [9.17, 15) is 5.11 Å². The van der Waals surface area contributed by atoms with E-state index in [0.29, 0.717) is 12.2 Å². The zero-order valence-corrected chi connectivity index (χ0v) is 7.07. The van der Waals surface area contributed by atoms with Gasteiger partial charge < -0.3 is 10.4 Å². The van der Waals surface area contributed by atoms with Crippen molar-refractivity contribution >= 4 is 0 Å². The van der Waals surface area contributed by atoms with Crippen molar-refractivity contribution in [2.45, 2.75) is 13.0 Å². The van der Waals surface area contributed by atoms with Gasteiger partial charge in [-0.15, -0.1) is 0 Å². The normalized spacial score (nSPS) is 12.8. The number of aromatic nitrogens is 1. The molecule has 3 heteroatoms. The highest BCUT2D eigenvalue weighted by Crippen LogP contribution is 2.06. The van der Waals surface area contributed by atoms with E-state index < -0.39 is 6.10 Å². The molecule has 0 spiro atoms. The summed E-state index contributed by atoms with van der Waals surface area (Å²) in [7, 11) is 0. The van der Waals surface area contributed by atoms with E-state index in [0.717, 1.165) is 0 Å². The van der Waals surface area contributed by atoms with Crippen molar-refractivity contribution in [3.05, 3.63) is 36.6 Å². The molecule has 0 fully saturated rings. The van der Waals surface area contributed by atoms with E-state index in [1.807, 2.05) is 25.1 Å². The van der Waals surface area contributed by atoms with Crippen LogP contribution >= 0.6 is 0 Å². The number of hydrogen-bond donors (Lipinski definition) is 2. The zero-order chi connectivity index (χ0) is 8.81. The third-order valence-electron chi connectivity index (χ3n) is 1.54. The molecule has 65 valence electrons. The van der Waals surface area contributed by atoms with Gasteiger partial charge in [-0.3, -0.25) is 4.98 Å². The van der Waals surface area contributed by atoms with Crippen molar-refractivity contribution in [2.24, 2.45) is 0 Å². The van der Waals surface area contributed by atoms with Crippen LogP contribution < -0.4 is 5.32 Å². The van der Waals surface area contributed by atoms with Crippen molar-refractivity contribution in [3.63, 3.8) is 0 Å². The van der Waals surface area contributed by atoms with Crippen LogP contribution in [0.4, 0.5) is 0 Å². The molecule has 0 bridgehead atoms. The van der Waals surface area contributed by atoms with Crippen LogP contribution in [0.1, 0.15) is 18.7 Å². The Balaban J connectivity index is 2.48. The number of rotatable bonds is 4. The summed E-state index contributed by atoms with van der Waals surface area (Å²) in [5.74, 6) is 0. The first kappa shape index (κ1) is 9.16. The van der Waals surface area contributed by atoms with Crippen LogP contribution in [0, 0.1) is 6.54 Å². The van der Waals surface area contributed by atoms with Crippen molar-refractivity contribution in [1.29, 1.82) is 0 Å². The van der Waals surface area contributed by atoms with Crippen LogP contribution in [0.25, 0.3) is 0 Å². The Hall–Kier alpha value is -0.930. The lowest BCUT2D eigenvalue weighted by Gasteiger charge is -2.08. The fourth-order valence-corrected chi connectivity index (χ4v) is 0.907. The van der Waals surface area contributed by atoms with Crippen LogP contribution in [0.2, 0.25) is 0 Å². The Morgan fingerprint density at radius 3 is 3.08 bits per heavy atom. The first-order valence-corrected chi connectivity index (χ1v) is 3.95. The topological polar surface area (TPSA) is 45.1 Å². The first-order chi connectivity index (χ1) is 5.84. The maximum atomic E-state index is 9.51. The fraction of sp³-hybridized carbons (Fsp3) is 0.333. The van der Waals surface area contributed by atoms with Crippen LogP contribution in [0.5, 0.6) is 0 Å². The van der Waals surface area contributed by atoms with Gasteiger partial charge in [-0.1, -0.05) is 6.07 Å². The summed E-state index contributed by atoms with van der Waals surface area (Å²) in [6.07, 6.45) is 1.15. The Morgan fingerprint density at radius 2 is 2.50 bits per heavy atom. The Bertz CT molecular complexity index is 213. The molecule has 3 nitrogen and oxygen atoms in total. The number of nitrogens with zero attached hydrogens (tertiary/aromatic N) is 1. The SMILES string of the molecule is C[CH]NCC(O)c1ccccn1. The quantitative estimate of drug-likeness (QED) is 0.696. The fourth-order valence-electron chi connectivity index (χ4n) is 0.907. The standard InChI is InChI=1S/C9H13N2O/c1-2-10-7-9(12)8-5-3-4-6-11-8/h2-6,9-10,12H,7H2,1H3. The van der Waals surface area contributed by atoms with Crippen molar-refractivity contribution in [1.82, 2.24) is 10.3 Å². The molecule has 0 aromatic carbocycles. The molecule has 0 amide bonds. The average Bonchev–Trinajstić information content (AvgIpc) is 2.15. The molecule has 0 aliphatic rings. The molecule has 0 aliphatic heterocycles. The maximum Gasteiger partial charge on any atom is 0.108 e. The molecular formula is C9H13N2O. The predicted molar refractivity (Wildman–Crippen MR) is 47.2 cm³/mol. The average molecular weight is 165 g/mol. The van der Waals surface area contributed by atoms with Crippen LogP contribution in [0.3, 0.4) is 0 Å². The zero-order valence-electron chi connectivity index (χ0n) is 7.07. The molecular weight excluding hydrogens is 152 g/mol. The van der Waals surface area contributed by atoms with Crippen LogP contribution in [-0.2, 0) is 0 Å². The molecule has 0 aliphatic carbocycles. The minimum atomic E-state index is -0.526. The summed E-state index contributed by atoms with van der Waals surface area (Å²) in [5.41, 5.74) is 0.701. The molecule has 1 unspecified atom stereocenters. The highest BCUT2D eigenvalue weighted by molar-refractivity contribution is 5.06. The van der Waals surface area contributed by atoms with Crippen LogP contribution in [0.15, 0.2) is 24.4 Å². The van der Waals surface area contributed by atoms with E-state index in [4.69, 9.17) is 0 Å². The lowest BCUT2D eigenvalue weighted by atomic mass is 10.2. The second kappa shape index (κ2) is 4.85. The van der Waals surface area contributed by atoms with Gasteiger partial charge in [0.05, 0.1) is 5.69 Å². The largest absolute Gasteiger partial charge is 0.385 e. The molecule has 1 aromatic rings. The van der Waals surface area contributed by atoms with Gasteiger partial charge in [0, 0.05) is 19.3 Å². The Labute approximate surface area is 72.5 Å². The van der Waals surface area contributed by atoms with Gasteiger partial charge in [0.15, 0.2) is 0 Å². The van der Waals surface area contributed by atoms with Gasteiger partial charge in [0.2, 0.25) is 0 Å². The summed E-state index contributed by atoms with van der Waals surface area (Å²) < 4.78 is 0. The summed E-state index contributed by atoms with van der Waals surface area (Å²) >= 11 is 0. The van der Waals surface area contributed by atoms with Crippen molar-refractivity contribution in [3.8, 4) is 0 Å². The lowest BCUT2D eigenvalue weighted by molar-refractivity contribution is 0.173. The summed E-state index contributed by atoms with van der Waals surface area (Å²) in [6, 6.07) is 5.50. The van der Waals surface area contributed by atoms with E-state index in [1.54, 1.807) is 12.7 Å². The maximum absolute atomic E-state index is 9.51. The lowest BCUT2D eigenvalue weighted by Crippen LogP contribution is -2.18. The second-order valence-corrected chi connectivity index (χ2v) is 2.47. The monoisotopic (exact) mass is 165 g/mol. The third-order valence-corrected chi connectivity index (χ3v) is 1.54. The van der Waals surface area contributed by atoms with E-state index in [1.165, 1.54) is 0 Å². The number of pyridine rings is 1. The van der Waals surface area contributed by atoms with Gasteiger partial charge in [0.1, 0.15) is 6.10 Å². The number of aliphatic hydroxyl groups excluding tert-OH is 1. The highest BCUT2D eigenvalue weighted by Gasteiger charge is 2.05. The third kappa shape index (κ3) is 2.60. The number of nitrogens with one attached hydrogen (secondary N) is 1. The molecule has 0 saturated heterocycles. The molecule has 1 aromatic heterocycles. The summed E-state index contributed by atoms with van der Waals surface area (Å²) in [4.78, 5) is 4.03. The predicted octanol–water partition coefficient (Wildman–Crippen LogP) is 0.886. The minimum Gasteiger partial charge on any atom is -0.385 e. The van der Waals surface area contributed by atoms with Gasteiger partial charge in [-0.2, -0.15) is 0 Å². The molecule has 0 saturated carbocycles.